The van der Waals surface area contributed by atoms with Crippen molar-refractivity contribution in [2.24, 2.45) is 11.5 Å². The van der Waals surface area contributed by atoms with Crippen LogP contribution in [0.5, 0.6) is 0 Å². The van der Waals surface area contributed by atoms with Crippen LogP contribution in [0, 0.1) is 0 Å². The summed E-state index contributed by atoms with van der Waals surface area (Å²) in [5.74, 6) is -2.56. The van der Waals surface area contributed by atoms with Crippen LogP contribution in [-0.4, -0.2) is 99.9 Å². The highest BCUT2D eigenvalue weighted by Crippen LogP contribution is 2.22. The Hall–Kier alpha value is -3.62. The van der Waals surface area contributed by atoms with E-state index in [1.165, 1.54) is 23.6 Å². The van der Waals surface area contributed by atoms with E-state index in [2.05, 4.69) is 20.9 Å². The van der Waals surface area contributed by atoms with Gasteiger partial charge in [-0.25, -0.2) is 4.79 Å². The number of rotatable bonds is 17. The van der Waals surface area contributed by atoms with Gasteiger partial charge >= 0.3 is 5.97 Å². The van der Waals surface area contributed by atoms with Crippen molar-refractivity contribution in [3.8, 4) is 0 Å². The maximum absolute atomic E-state index is 13.8. The zero-order valence-electron chi connectivity index (χ0n) is 25.3. The molecule has 14 heteroatoms. The molecule has 2 heterocycles. The lowest BCUT2D eigenvalue weighted by Crippen LogP contribution is -2.58. The molecule has 1 fully saturated rings. The molecule has 0 unspecified atom stereocenters. The van der Waals surface area contributed by atoms with Crippen LogP contribution in [0.15, 0.2) is 30.5 Å². The third-order valence-electron chi connectivity index (χ3n) is 7.77. The van der Waals surface area contributed by atoms with Gasteiger partial charge in [0.05, 0.1) is 6.04 Å². The van der Waals surface area contributed by atoms with E-state index in [1.807, 2.05) is 30.5 Å². The molecule has 0 saturated carbocycles. The minimum Gasteiger partial charge on any atom is -0.480 e. The molecule has 4 amide bonds. The SMILES string of the molecule is CSCC[C@H](NC(=O)[C@H](C)N)C(=O)N[C@@H](CCCCN)C(=O)N1CCC[C@H]1C(=O)N[C@@H](Cc1c[nH]c2ccccc12)C(=O)O. The number of carbonyl (C=O) groups is 5. The number of carboxylic acids is 1. The van der Waals surface area contributed by atoms with Crippen molar-refractivity contribution in [2.75, 3.05) is 25.1 Å². The molecule has 0 bridgehead atoms. The minimum atomic E-state index is -1.20. The smallest absolute Gasteiger partial charge is 0.326 e. The Labute approximate surface area is 261 Å². The molecule has 0 spiro atoms. The molecule has 3 rings (SSSR count). The maximum Gasteiger partial charge on any atom is 0.326 e. The zero-order chi connectivity index (χ0) is 32.2. The van der Waals surface area contributed by atoms with Gasteiger partial charge in [-0.05, 0) is 75.6 Å². The van der Waals surface area contributed by atoms with Gasteiger partial charge in [0.1, 0.15) is 24.2 Å². The third kappa shape index (κ3) is 9.44. The van der Waals surface area contributed by atoms with E-state index in [4.69, 9.17) is 11.5 Å². The number of fused-ring (bicyclic) bond motifs is 1. The largest absolute Gasteiger partial charge is 0.480 e. The first-order valence-corrected chi connectivity index (χ1v) is 16.4. The first-order chi connectivity index (χ1) is 21.1. The number of unbranched alkanes of at least 4 members (excludes halogenated alkanes) is 1. The number of H-pyrrole nitrogens is 1. The summed E-state index contributed by atoms with van der Waals surface area (Å²) in [7, 11) is 0. The number of nitrogens with two attached hydrogens (primary N) is 2. The number of para-hydroxylation sites is 1. The maximum atomic E-state index is 13.8. The fourth-order valence-corrected chi connectivity index (χ4v) is 5.79. The van der Waals surface area contributed by atoms with Gasteiger partial charge in [0.2, 0.25) is 23.6 Å². The number of aromatic amines is 1. The lowest BCUT2D eigenvalue weighted by molar-refractivity contribution is -0.145. The number of nitrogens with one attached hydrogen (secondary N) is 4. The van der Waals surface area contributed by atoms with Crippen molar-refractivity contribution in [1.82, 2.24) is 25.8 Å². The number of benzene rings is 1. The van der Waals surface area contributed by atoms with E-state index in [0.29, 0.717) is 50.8 Å². The first kappa shape index (κ1) is 34.9. The molecule has 44 heavy (non-hydrogen) atoms. The molecule has 13 nitrogen and oxygen atoms in total. The molecule has 1 aliphatic heterocycles. The van der Waals surface area contributed by atoms with Gasteiger partial charge < -0.3 is 42.4 Å². The molecule has 9 N–H and O–H groups in total. The number of amides is 4. The van der Waals surface area contributed by atoms with Crippen LogP contribution in [-0.2, 0) is 30.4 Å². The predicted molar refractivity (Wildman–Crippen MR) is 170 cm³/mol. The Morgan fingerprint density at radius 3 is 2.45 bits per heavy atom. The van der Waals surface area contributed by atoms with Crippen molar-refractivity contribution >= 4 is 52.3 Å². The molecule has 1 aromatic heterocycles. The predicted octanol–water partition coefficient (Wildman–Crippen LogP) is 0.470. The number of hydrogen-bond donors (Lipinski definition) is 7. The summed E-state index contributed by atoms with van der Waals surface area (Å²) in [6.07, 6.45) is 6.42. The van der Waals surface area contributed by atoms with Gasteiger partial charge in [0, 0.05) is 30.1 Å². The van der Waals surface area contributed by atoms with Crippen molar-refractivity contribution < 1.29 is 29.1 Å². The molecule has 1 saturated heterocycles. The number of thioether (sulfide) groups is 1. The average Bonchev–Trinajstić information content (AvgIpc) is 3.65. The van der Waals surface area contributed by atoms with Crippen LogP contribution in [0.2, 0.25) is 0 Å². The number of aliphatic carboxylic acids is 1. The van der Waals surface area contributed by atoms with E-state index in [0.717, 1.165) is 16.5 Å². The van der Waals surface area contributed by atoms with E-state index in [9.17, 15) is 29.1 Å². The summed E-state index contributed by atoms with van der Waals surface area (Å²) in [6, 6.07) is 2.76. The lowest BCUT2D eigenvalue weighted by Gasteiger charge is -2.30. The molecule has 0 radical (unpaired) electrons. The normalized spacial score (nSPS) is 17.5. The number of carbonyl (C=O) groups excluding carboxylic acids is 4. The van der Waals surface area contributed by atoms with E-state index in [1.54, 1.807) is 6.20 Å². The second-order valence-electron chi connectivity index (χ2n) is 11.1. The van der Waals surface area contributed by atoms with Gasteiger partial charge in [-0.1, -0.05) is 18.2 Å². The number of aromatic nitrogens is 1. The van der Waals surface area contributed by atoms with E-state index >= 15 is 0 Å². The quantitative estimate of drug-likeness (QED) is 0.121. The van der Waals surface area contributed by atoms with Crippen molar-refractivity contribution in [2.45, 2.75) is 82.1 Å². The van der Waals surface area contributed by atoms with E-state index in [-0.39, 0.29) is 13.0 Å². The average molecular weight is 632 g/mol. The summed E-state index contributed by atoms with van der Waals surface area (Å²) in [4.78, 5) is 69.6. The van der Waals surface area contributed by atoms with Crippen molar-refractivity contribution in [1.29, 1.82) is 0 Å². The Kier molecular flexibility index (Phi) is 13.5. The first-order valence-electron chi connectivity index (χ1n) is 15.0. The molecular formula is C30H45N7O6S. The summed E-state index contributed by atoms with van der Waals surface area (Å²) < 4.78 is 0. The third-order valence-corrected chi connectivity index (χ3v) is 8.41. The van der Waals surface area contributed by atoms with Crippen LogP contribution in [0.25, 0.3) is 10.9 Å². The number of hydrogen-bond acceptors (Lipinski definition) is 8. The van der Waals surface area contributed by atoms with E-state index < -0.39 is 59.8 Å². The second kappa shape index (κ2) is 17.0. The van der Waals surface area contributed by atoms with Crippen LogP contribution in [0.1, 0.15) is 51.0 Å². The molecule has 1 aliphatic rings. The summed E-state index contributed by atoms with van der Waals surface area (Å²) in [6.45, 7) is 2.22. The van der Waals surface area contributed by atoms with Crippen LogP contribution >= 0.6 is 11.8 Å². The Balaban J connectivity index is 1.74. The number of likely N-dealkylation sites (tertiary alicyclic amines) is 1. The zero-order valence-corrected chi connectivity index (χ0v) is 26.2. The van der Waals surface area contributed by atoms with Crippen LogP contribution in [0.3, 0.4) is 0 Å². The van der Waals surface area contributed by atoms with Gasteiger partial charge in [-0.15, -0.1) is 0 Å². The Morgan fingerprint density at radius 2 is 1.77 bits per heavy atom. The summed E-state index contributed by atoms with van der Waals surface area (Å²) in [5.41, 5.74) is 13.0. The molecule has 5 atom stereocenters. The highest BCUT2D eigenvalue weighted by atomic mass is 32.2. The van der Waals surface area contributed by atoms with Crippen LogP contribution in [0.4, 0.5) is 0 Å². The fourth-order valence-electron chi connectivity index (χ4n) is 5.32. The molecule has 242 valence electrons. The summed E-state index contributed by atoms with van der Waals surface area (Å²) in [5, 5.41) is 18.9. The molecule has 1 aromatic carbocycles. The van der Waals surface area contributed by atoms with Gasteiger partial charge in [0.15, 0.2) is 0 Å². The topological polar surface area (TPSA) is 213 Å². The van der Waals surface area contributed by atoms with Gasteiger partial charge in [0.25, 0.3) is 0 Å². The second-order valence-corrected chi connectivity index (χ2v) is 12.1. The van der Waals surface area contributed by atoms with Crippen LogP contribution < -0.4 is 27.4 Å². The Bertz CT molecular complexity index is 1300. The van der Waals surface area contributed by atoms with Gasteiger partial charge in [-0.3, -0.25) is 19.2 Å². The minimum absolute atomic E-state index is 0.0636. The summed E-state index contributed by atoms with van der Waals surface area (Å²) >= 11 is 1.52. The van der Waals surface area contributed by atoms with Gasteiger partial charge in [-0.2, -0.15) is 11.8 Å². The molecule has 0 aliphatic carbocycles. The Morgan fingerprint density at radius 1 is 1.05 bits per heavy atom. The highest BCUT2D eigenvalue weighted by Gasteiger charge is 2.39. The number of nitrogens with zero attached hydrogens (tertiary/aromatic N) is 1. The fraction of sp³-hybridized carbons (Fsp3) is 0.567. The molecule has 2 aromatic rings. The van der Waals surface area contributed by atoms with Crippen molar-refractivity contribution in [3.63, 3.8) is 0 Å². The molecular weight excluding hydrogens is 586 g/mol. The highest BCUT2D eigenvalue weighted by molar-refractivity contribution is 7.98. The monoisotopic (exact) mass is 631 g/mol. The lowest BCUT2D eigenvalue weighted by atomic mass is 10.0. The standard InChI is InChI=1S/C30H45N7O6S/c1-18(32)26(38)34-22(12-15-44-2)27(39)35-23(10-5-6-13-31)29(41)37-14-7-11-25(37)28(40)36-24(30(42)43)16-19-17-33-21-9-4-3-8-20(19)21/h3-4,8-9,17-18,22-25,33H,5-7,10-16,31-32H2,1-2H3,(H,34,38)(H,35,39)(H,36,40)(H,42,43)/t18-,22-,23-,24-,25-/m0/s1. The number of carboxylic acid groups (broad SMARTS) is 1. The van der Waals surface area contributed by atoms with Crippen molar-refractivity contribution in [3.05, 3.63) is 36.0 Å².